The Hall–Kier alpha value is -1.06. The van der Waals surface area contributed by atoms with Gasteiger partial charge in [-0.1, -0.05) is 44.0 Å². The lowest BCUT2D eigenvalue weighted by Gasteiger charge is -2.19. The molecule has 20 heavy (non-hydrogen) atoms. The zero-order valence-corrected chi connectivity index (χ0v) is 13.2. The van der Waals surface area contributed by atoms with Gasteiger partial charge in [-0.05, 0) is 43.6 Å². The van der Waals surface area contributed by atoms with Crippen LogP contribution in [0.3, 0.4) is 0 Å². The topological polar surface area (TPSA) is 32.3 Å². The van der Waals surface area contributed by atoms with E-state index < -0.39 is 0 Å². The van der Waals surface area contributed by atoms with Crippen molar-refractivity contribution < 1.29 is 4.79 Å². The molecule has 0 unspecified atom stereocenters. The maximum Gasteiger partial charge on any atom is 0.234 e. The van der Waals surface area contributed by atoms with Crippen LogP contribution in [0.25, 0.3) is 0 Å². The summed E-state index contributed by atoms with van der Waals surface area (Å²) in [7, 11) is 0. The molecule has 3 nitrogen and oxygen atoms in total. The van der Waals surface area contributed by atoms with Crippen LogP contribution in [0.15, 0.2) is 24.3 Å². The minimum Gasteiger partial charge on any atom is -0.355 e. The smallest absolute Gasteiger partial charge is 0.234 e. The summed E-state index contributed by atoms with van der Waals surface area (Å²) in [6.07, 6.45) is 3.14. The normalized spacial score (nSPS) is 10.8. The van der Waals surface area contributed by atoms with Gasteiger partial charge in [0.15, 0.2) is 0 Å². The molecular weight excluding hydrogens is 272 g/mol. The van der Waals surface area contributed by atoms with E-state index in [0.29, 0.717) is 13.1 Å². The zero-order valence-electron chi connectivity index (χ0n) is 12.5. The number of halogens is 1. The van der Waals surface area contributed by atoms with E-state index in [9.17, 15) is 4.79 Å². The van der Waals surface area contributed by atoms with Gasteiger partial charge in [0, 0.05) is 11.6 Å². The first-order valence-corrected chi connectivity index (χ1v) is 7.77. The van der Waals surface area contributed by atoms with Gasteiger partial charge in [0.2, 0.25) is 5.91 Å². The molecule has 0 aromatic heterocycles. The van der Waals surface area contributed by atoms with E-state index in [1.54, 1.807) is 0 Å². The maximum absolute atomic E-state index is 11.8. The van der Waals surface area contributed by atoms with Gasteiger partial charge >= 0.3 is 0 Å². The van der Waals surface area contributed by atoms with Gasteiger partial charge in [-0.3, -0.25) is 9.69 Å². The molecule has 4 heteroatoms. The molecule has 0 spiro atoms. The summed E-state index contributed by atoms with van der Waals surface area (Å²) in [5.41, 5.74) is 1.19. The molecule has 0 aliphatic rings. The first kappa shape index (κ1) is 17.0. The highest BCUT2D eigenvalue weighted by molar-refractivity contribution is 6.30. The third kappa shape index (κ3) is 6.92. The number of carbonyl (C=O) groups excluding carboxylic acids is 1. The molecule has 0 aliphatic heterocycles. The van der Waals surface area contributed by atoms with Gasteiger partial charge < -0.3 is 5.32 Å². The highest BCUT2D eigenvalue weighted by Crippen LogP contribution is 2.09. The van der Waals surface area contributed by atoms with Crippen molar-refractivity contribution in [3.8, 4) is 0 Å². The molecule has 0 fully saturated rings. The molecule has 112 valence electrons. The minimum atomic E-state index is 0.108. The second kappa shape index (κ2) is 9.78. The summed E-state index contributed by atoms with van der Waals surface area (Å²) in [4.78, 5) is 14.0. The third-order valence-electron chi connectivity index (χ3n) is 3.29. The fraction of sp³-hybridized carbons (Fsp3) is 0.562. The molecule has 1 N–H and O–H groups in total. The van der Waals surface area contributed by atoms with Gasteiger partial charge in [0.25, 0.3) is 0 Å². The first-order valence-electron chi connectivity index (χ1n) is 7.39. The lowest BCUT2D eigenvalue weighted by Crippen LogP contribution is -2.38. The van der Waals surface area contributed by atoms with E-state index in [2.05, 4.69) is 24.1 Å². The Bertz CT molecular complexity index is 392. The molecule has 1 aromatic rings. The van der Waals surface area contributed by atoms with Crippen molar-refractivity contribution in [3.05, 3.63) is 34.9 Å². The molecular formula is C16H25ClN2O. The second-order valence-corrected chi connectivity index (χ2v) is 5.39. The summed E-state index contributed by atoms with van der Waals surface area (Å²) in [6, 6.07) is 7.74. The summed E-state index contributed by atoms with van der Waals surface area (Å²) in [5.74, 6) is 0.108. The number of amides is 1. The zero-order chi connectivity index (χ0) is 14.8. The van der Waals surface area contributed by atoms with E-state index in [0.717, 1.165) is 37.4 Å². The molecule has 0 atom stereocenters. The van der Waals surface area contributed by atoms with Crippen molar-refractivity contribution in [1.82, 2.24) is 10.2 Å². The van der Waals surface area contributed by atoms with E-state index in [-0.39, 0.29) is 5.91 Å². The van der Waals surface area contributed by atoms with E-state index in [1.165, 1.54) is 5.56 Å². The van der Waals surface area contributed by atoms with Crippen molar-refractivity contribution >= 4 is 17.5 Å². The monoisotopic (exact) mass is 296 g/mol. The van der Waals surface area contributed by atoms with Crippen LogP contribution in [0.2, 0.25) is 5.02 Å². The minimum absolute atomic E-state index is 0.108. The van der Waals surface area contributed by atoms with Gasteiger partial charge in [-0.2, -0.15) is 0 Å². The van der Waals surface area contributed by atoms with Crippen molar-refractivity contribution in [2.24, 2.45) is 0 Å². The molecule has 1 amide bonds. The van der Waals surface area contributed by atoms with Crippen molar-refractivity contribution in [2.75, 3.05) is 26.2 Å². The lowest BCUT2D eigenvalue weighted by atomic mass is 10.1. The number of nitrogens with zero attached hydrogens (tertiary/aromatic N) is 1. The van der Waals surface area contributed by atoms with Crippen molar-refractivity contribution in [2.45, 2.75) is 33.1 Å². The quantitative estimate of drug-likeness (QED) is 0.759. The van der Waals surface area contributed by atoms with Crippen molar-refractivity contribution in [1.29, 1.82) is 0 Å². The molecule has 1 aromatic carbocycles. The highest BCUT2D eigenvalue weighted by atomic mass is 35.5. The van der Waals surface area contributed by atoms with Crippen LogP contribution in [0.1, 0.15) is 32.3 Å². The Kier molecular flexibility index (Phi) is 8.31. The predicted molar refractivity (Wildman–Crippen MR) is 85.2 cm³/mol. The SMILES string of the molecule is CCCCN(CC)CC(=O)NCCc1ccc(Cl)cc1. The number of benzene rings is 1. The second-order valence-electron chi connectivity index (χ2n) is 4.95. The molecule has 0 aliphatic carbocycles. The summed E-state index contributed by atoms with van der Waals surface area (Å²) in [6.45, 7) is 7.35. The van der Waals surface area contributed by atoms with Gasteiger partial charge in [-0.25, -0.2) is 0 Å². The van der Waals surface area contributed by atoms with E-state index in [1.807, 2.05) is 24.3 Å². The Morgan fingerprint density at radius 3 is 2.55 bits per heavy atom. The Balaban J connectivity index is 2.23. The number of carbonyl (C=O) groups is 1. The number of unbranched alkanes of at least 4 members (excludes halogenated alkanes) is 1. The molecule has 0 saturated carbocycles. The molecule has 0 radical (unpaired) electrons. The maximum atomic E-state index is 11.8. The van der Waals surface area contributed by atoms with Crippen LogP contribution >= 0.6 is 11.6 Å². The Morgan fingerprint density at radius 1 is 1.25 bits per heavy atom. The van der Waals surface area contributed by atoms with Crippen LogP contribution in [0, 0.1) is 0 Å². The van der Waals surface area contributed by atoms with E-state index >= 15 is 0 Å². The molecule has 0 saturated heterocycles. The standard InChI is InChI=1S/C16H25ClN2O/c1-3-5-12-19(4-2)13-16(20)18-11-10-14-6-8-15(17)9-7-14/h6-9H,3-5,10-13H2,1-2H3,(H,18,20). The average Bonchev–Trinajstić information content (AvgIpc) is 2.45. The van der Waals surface area contributed by atoms with Crippen LogP contribution in [-0.4, -0.2) is 37.0 Å². The molecule has 1 rings (SSSR count). The van der Waals surface area contributed by atoms with Crippen LogP contribution in [-0.2, 0) is 11.2 Å². The number of rotatable bonds is 9. The largest absolute Gasteiger partial charge is 0.355 e. The first-order chi connectivity index (χ1) is 9.65. The Labute approximate surface area is 127 Å². The summed E-state index contributed by atoms with van der Waals surface area (Å²) >= 11 is 5.84. The predicted octanol–water partition coefficient (Wildman–Crippen LogP) is 3.12. The van der Waals surface area contributed by atoms with Gasteiger partial charge in [-0.15, -0.1) is 0 Å². The third-order valence-corrected chi connectivity index (χ3v) is 3.54. The number of likely N-dealkylation sites (N-methyl/N-ethyl adjacent to an activating group) is 1. The van der Waals surface area contributed by atoms with Crippen LogP contribution in [0.4, 0.5) is 0 Å². The highest BCUT2D eigenvalue weighted by Gasteiger charge is 2.07. The van der Waals surface area contributed by atoms with Crippen LogP contribution in [0.5, 0.6) is 0 Å². The fourth-order valence-electron chi connectivity index (χ4n) is 1.99. The fourth-order valence-corrected chi connectivity index (χ4v) is 2.11. The number of nitrogens with one attached hydrogen (secondary N) is 1. The summed E-state index contributed by atoms with van der Waals surface area (Å²) < 4.78 is 0. The summed E-state index contributed by atoms with van der Waals surface area (Å²) in [5, 5.41) is 3.72. The van der Waals surface area contributed by atoms with Crippen LogP contribution < -0.4 is 5.32 Å². The lowest BCUT2D eigenvalue weighted by molar-refractivity contribution is -0.122. The van der Waals surface area contributed by atoms with E-state index in [4.69, 9.17) is 11.6 Å². The molecule has 0 heterocycles. The van der Waals surface area contributed by atoms with Gasteiger partial charge in [0.1, 0.15) is 0 Å². The Morgan fingerprint density at radius 2 is 1.95 bits per heavy atom. The van der Waals surface area contributed by atoms with Crippen molar-refractivity contribution in [3.63, 3.8) is 0 Å². The molecule has 0 bridgehead atoms. The average molecular weight is 297 g/mol. The van der Waals surface area contributed by atoms with Gasteiger partial charge in [0.05, 0.1) is 6.54 Å². The number of hydrogen-bond acceptors (Lipinski definition) is 2. The number of hydrogen-bond donors (Lipinski definition) is 1.